The highest BCUT2D eigenvalue weighted by molar-refractivity contribution is 7.82. The molecule has 28 heavy (non-hydrogen) atoms. The molecule has 152 valence electrons. The fraction of sp³-hybridized carbons (Fsp3) is 0.476. The second-order valence-corrected chi connectivity index (χ2v) is 10.6. The summed E-state index contributed by atoms with van der Waals surface area (Å²) in [5.41, 5.74) is 0.295. The number of ether oxygens (including phenoxy) is 1. The van der Waals surface area contributed by atoms with E-state index in [9.17, 15) is 14.1 Å². The molecule has 2 aromatic rings. The lowest BCUT2D eigenvalue weighted by Gasteiger charge is -2.21. The maximum Gasteiger partial charge on any atom is 0.309 e. The van der Waals surface area contributed by atoms with E-state index in [2.05, 4.69) is 13.0 Å². The van der Waals surface area contributed by atoms with Crippen LogP contribution in [0.1, 0.15) is 42.5 Å². The van der Waals surface area contributed by atoms with Gasteiger partial charge in [-0.1, -0.05) is 19.1 Å². The maximum atomic E-state index is 13.2. The molecular formula is C21H27NO4S2. The first kappa shape index (κ1) is 21.0. The quantitative estimate of drug-likeness (QED) is 0.750. The van der Waals surface area contributed by atoms with Crippen molar-refractivity contribution in [1.29, 1.82) is 0 Å². The van der Waals surface area contributed by atoms with E-state index in [4.69, 9.17) is 4.74 Å². The molecule has 1 aromatic heterocycles. The van der Waals surface area contributed by atoms with Crippen LogP contribution in [0.25, 0.3) is 0 Å². The standard InChI is InChI=1S/C21H27NO4S2/c1-5-16-13-22(28(25)19-9-7-6-8-18(19)26-16)12-15-10-17(27-14(15)2)11-21(3,4)20(23)24/h6-10,16H,5,11-13H2,1-4H3,(H,23,24)/t16-,28?/m1/s1. The summed E-state index contributed by atoms with van der Waals surface area (Å²) in [5, 5.41) is 9.40. The fourth-order valence-corrected chi connectivity index (χ4v) is 5.81. The average Bonchev–Trinajstić information content (AvgIpc) is 2.90. The van der Waals surface area contributed by atoms with Crippen LogP contribution in [0.15, 0.2) is 35.2 Å². The van der Waals surface area contributed by atoms with Gasteiger partial charge in [0.15, 0.2) is 0 Å². The predicted octanol–water partition coefficient (Wildman–Crippen LogP) is 4.41. The summed E-state index contributed by atoms with van der Waals surface area (Å²) in [6, 6.07) is 9.59. The SMILES string of the molecule is CC[C@@H]1CN(Cc2cc(CC(C)(C)C(=O)O)sc2C)S(=O)c2ccccc2O1. The summed E-state index contributed by atoms with van der Waals surface area (Å²) in [6.45, 7) is 8.74. The lowest BCUT2D eigenvalue weighted by atomic mass is 9.89. The molecule has 5 nitrogen and oxygen atoms in total. The highest BCUT2D eigenvalue weighted by Crippen LogP contribution is 2.33. The lowest BCUT2D eigenvalue weighted by Crippen LogP contribution is -2.33. The molecule has 3 rings (SSSR count). The van der Waals surface area contributed by atoms with Gasteiger partial charge in [-0.15, -0.1) is 11.3 Å². The molecular weight excluding hydrogens is 394 g/mol. The van der Waals surface area contributed by atoms with Crippen molar-refractivity contribution < 1.29 is 18.8 Å². The number of rotatable bonds is 6. The molecule has 1 aliphatic rings. The molecule has 0 spiro atoms. The summed E-state index contributed by atoms with van der Waals surface area (Å²) in [4.78, 5) is 14.3. The van der Waals surface area contributed by atoms with Gasteiger partial charge in [-0.3, -0.25) is 4.79 Å². The zero-order valence-corrected chi connectivity index (χ0v) is 18.4. The largest absolute Gasteiger partial charge is 0.488 e. The molecule has 0 amide bonds. The van der Waals surface area contributed by atoms with E-state index < -0.39 is 22.4 Å². The van der Waals surface area contributed by atoms with Gasteiger partial charge in [-0.2, -0.15) is 0 Å². The van der Waals surface area contributed by atoms with Crippen LogP contribution in [-0.2, 0) is 28.7 Å². The molecule has 1 N–H and O–H groups in total. The van der Waals surface area contributed by atoms with E-state index in [1.165, 1.54) is 0 Å². The van der Waals surface area contributed by atoms with Crippen LogP contribution in [0.5, 0.6) is 5.75 Å². The van der Waals surface area contributed by atoms with Crippen molar-refractivity contribution in [2.24, 2.45) is 5.41 Å². The maximum absolute atomic E-state index is 13.2. The Hall–Kier alpha value is -1.70. The Morgan fingerprint density at radius 2 is 2.11 bits per heavy atom. The monoisotopic (exact) mass is 421 g/mol. The molecule has 0 fully saturated rings. The second-order valence-electron chi connectivity index (χ2n) is 7.83. The molecule has 1 aromatic carbocycles. The van der Waals surface area contributed by atoms with Crippen LogP contribution in [0.3, 0.4) is 0 Å². The third-order valence-electron chi connectivity index (χ3n) is 5.04. The van der Waals surface area contributed by atoms with E-state index >= 15 is 0 Å². The minimum atomic E-state index is -1.30. The Bertz CT molecular complexity index is 890. The van der Waals surface area contributed by atoms with Gasteiger partial charge in [0.05, 0.1) is 10.3 Å². The Morgan fingerprint density at radius 1 is 1.39 bits per heavy atom. The van der Waals surface area contributed by atoms with E-state index in [1.807, 2.05) is 35.5 Å². The summed E-state index contributed by atoms with van der Waals surface area (Å²) < 4.78 is 21.3. The molecule has 0 aliphatic carbocycles. The normalized spacial score (nSPS) is 20.3. The lowest BCUT2D eigenvalue weighted by molar-refractivity contribution is -0.146. The molecule has 2 atom stereocenters. The van der Waals surface area contributed by atoms with Gasteiger partial charge in [0.2, 0.25) is 0 Å². The Balaban J connectivity index is 1.84. The number of hydrogen-bond donors (Lipinski definition) is 1. The molecule has 1 aliphatic heterocycles. The number of hydrogen-bond acceptors (Lipinski definition) is 4. The van der Waals surface area contributed by atoms with Crippen LogP contribution in [-0.4, -0.2) is 32.2 Å². The van der Waals surface area contributed by atoms with E-state index in [1.54, 1.807) is 25.2 Å². The highest BCUT2D eigenvalue weighted by Gasteiger charge is 2.30. The van der Waals surface area contributed by atoms with Gasteiger partial charge in [0, 0.05) is 22.8 Å². The number of benzene rings is 1. The number of fused-ring (bicyclic) bond motifs is 1. The second kappa shape index (κ2) is 8.35. The fourth-order valence-electron chi connectivity index (χ4n) is 3.21. The first-order chi connectivity index (χ1) is 13.2. The van der Waals surface area contributed by atoms with Crippen LogP contribution >= 0.6 is 11.3 Å². The van der Waals surface area contributed by atoms with Crippen LogP contribution in [0, 0.1) is 12.3 Å². The van der Waals surface area contributed by atoms with Crippen molar-refractivity contribution in [2.45, 2.75) is 58.1 Å². The minimum Gasteiger partial charge on any atom is -0.488 e. The summed E-state index contributed by atoms with van der Waals surface area (Å²) in [6.07, 6.45) is 1.31. The first-order valence-electron chi connectivity index (χ1n) is 9.45. The third-order valence-corrected chi connectivity index (χ3v) is 7.59. The van der Waals surface area contributed by atoms with Gasteiger partial charge >= 0.3 is 5.97 Å². The number of nitrogens with zero attached hydrogens (tertiary/aromatic N) is 1. The van der Waals surface area contributed by atoms with Crippen molar-refractivity contribution in [3.05, 3.63) is 45.6 Å². The predicted molar refractivity (Wildman–Crippen MR) is 112 cm³/mol. The number of thiophene rings is 1. The van der Waals surface area contributed by atoms with Gasteiger partial charge < -0.3 is 9.84 Å². The van der Waals surface area contributed by atoms with E-state index in [0.717, 1.165) is 21.7 Å². The topological polar surface area (TPSA) is 66.8 Å². The van der Waals surface area contributed by atoms with Gasteiger partial charge in [-0.25, -0.2) is 8.51 Å². The Morgan fingerprint density at radius 3 is 2.79 bits per heavy atom. The molecule has 2 heterocycles. The van der Waals surface area contributed by atoms with Crippen molar-refractivity contribution in [3.8, 4) is 5.75 Å². The van der Waals surface area contributed by atoms with Gasteiger partial charge in [0.1, 0.15) is 22.8 Å². The molecule has 0 bridgehead atoms. The van der Waals surface area contributed by atoms with Crippen LogP contribution in [0.2, 0.25) is 0 Å². The summed E-state index contributed by atoms with van der Waals surface area (Å²) in [5.74, 6) is -0.102. The highest BCUT2D eigenvalue weighted by atomic mass is 32.2. The summed E-state index contributed by atoms with van der Waals surface area (Å²) in [7, 11) is -1.30. The van der Waals surface area contributed by atoms with E-state index in [0.29, 0.717) is 30.2 Å². The first-order valence-corrected chi connectivity index (χ1v) is 11.4. The smallest absolute Gasteiger partial charge is 0.309 e. The zero-order valence-electron chi connectivity index (χ0n) is 16.7. The van der Waals surface area contributed by atoms with Crippen LogP contribution in [0.4, 0.5) is 0 Å². The van der Waals surface area contributed by atoms with Crippen molar-refractivity contribution >= 4 is 28.3 Å². The number of carboxylic acids is 1. The molecule has 0 radical (unpaired) electrons. The van der Waals surface area contributed by atoms with E-state index in [-0.39, 0.29) is 6.10 Å². The molecule has 1 unspecified atom stereocenters. The minimum absolute atomic E-state index is 0.0167. The summed E-state index contributed by atoms with van der Waals surface area (Å²) >= 11 is 1.63. The average molecular weight is 422 g/mol. The van der Waals surface area contributed by atoms with Crippen molar-refractivity contribution in [3.63, 3.8) is 0 Å². The number of para-hydroxylation sites is 1. The Kier molecular flexibility index (Phi) is 6.27. The third kappa shape index (κ3) is 4.47. The molecule has 0 saturated carbocycles. The number of aliphatic carboxylic acids is 1. The van der Waals surface area contributed by atoms with Gasteiger partial charge in [0.25, 0.3) is 0 Å². The number of carboxylic acid groups (broad SMARTS) is 1. The Labute approximate surface area is 172 Å². The van der Waals surface area contributed by atoms with Crippen molar-refractivity contribution in [2.75, 3.05) is 6.54 Å². The molecule has 0 saturated heterocycles. The number of aryl methyl sites for hydroxylation is 1. The molecule has 7 heteroatoms. The van der Waals surface area contributed by atoms with Gasteiger partial charge in [-0.05, 0) is 57.4 Å². The zero-order chi connectivity index (χ0) is 20.5. The van der Waals surface area contributed by atoms with Crippen molar-refractivity contribution in [1.82, 2.24) is 4.31 Å². The van der Waals surface area contributed by atoms with Crippen LogP contribution < -0.4 is 4.74 Å². The number of carbonyl (C=O) groups is 1.